The first-order valence-electron chi connectivity index (χ1n) is 4.86. The van der Waals surface area contributed by atoms with Crippen molar-refractivity contribution in [2.24, 2.45) is 23.1 Å². The Morgan fingerprint density at radius 1 is 1.20 bits per heavy atom. The maximum Gasteiger partial charge on any atom is 0.330 e. The van der Waals surface area contributed by atoms with Crippen LogP contribution in [0.1, 0.15) is 26.7 Å². The van der Waals surface area contributed by atoms with Gasteiger partial charge in [0.05, 0.1) is 6.17 Å². The quantitative estimate of drug-likeness (QED) is 0.310. The summed E-state index contributed by atoms with van der Waals surface area (Å²) in [5.74, 6) is -1.42. The largest absolute Gasteiger partial charge is 0.392 e. The van der Waals surface area contributed by atoms with E-state index in [0.717, 1.165) is 0 Å². The molecule has 0 saturated heterocycles. The minimum atomic E-state index is -0.777. The normalized spacial score (nSPS) is 13.0. The summed E-state index contributed by atoms with van der Waals surface area (Å²) in [7, 11) is 0. The van der Waals surface area contributed by atoms with E-state index in [9.17, 15) is 9.59 Å². The van der Waals surface area contributed by atoms with Crippen LogP contribution >= 0.6 is 0 Å². The SMILES string of the molecule is CC(C)[C@@H](N)C(=O)OC(=O)CCC(N)N. The monoisotopic (exact) mass is 217 g/mol. The highest BCUT2D eigenvalue weighted by atomic mass is 16.6. The van der Waals surface area contributed by atoms with Crippen molar-refractivity contribution in [1.82, 2.24) is 0 Å². The molecule has 0 spiro atoms. The molecule has 0 saturated carbocycles. The maximum absolute atomic E-state index is 11.2. The summed E-state index contributed by atoms with van der Waals surface area (Å²) in [4.78, 5) is 22.3. The zero-order valence-corrected chi connectivity index (χ0v) is 9.10. The van der Waals surface area contributed by atoms with Crippen molar-refractivity contribution in [1.29, 1.82) is 0 Å². The fraction of sp³-hybridized carbons (Fsp3) is 0.778. The molecule has 0 radical (unpaired) electrons. The summed E-state index contributed by atoms with van der Waals surface area (Å²) in [6, 6.07) is -0.777. The fourth-order valence-electron chi connectivity index (χ4n) is 0.788. The average molecular weight is 217 g/mol. The van der Waals surface area contributed by atoms with Crippen LogP contribution < -0.4 is 17.2 Å². The summed E-state index contributed by atoms with van der Waals surface area (Å²) in [5, 5.41) is 0. The van der Waals surface area contributed by atoms with Crippen molar-refractivity contribution in [2.45, 2.75) is 38.9 Å². The lowest BCUT2D eigenvalue weighted by molar-refractivity contribution is -0.161. The Morgan fingerprint density at radius 3 is 2.13 bits per heavy atom. The van der Waals surface area contributed by atoms with Crippen LogP contribution in [0.2, 0.25) is 0 Å². The van der Waals surface area contributed by atoms with Gasteiger partial charge in [-0.15, -0.1) is 0 Å². The summed E-state index contributed by atoms with van der Waals surface area (Å²) >= 11 is 0. The molecule has 0 heterocycles. The van der Waals surface area contributed by atoms with Gasteiger partial charge < -0.3 is 21.9 Å². The van der Waals surface area contributed by atoms with E-state index in [0.29, 0.717) is 0 Å². The van der Waals surface area contributed by atoms with E-state index in [1.165, 1.54) is 0 Å². The minimum Gasteiger partial charge on any atom is -0.392 e. The smallest absolute Gasteiger partial charge is 0.330 e. The second-order valence-corrected chi connectivity index (χ2v) is 3.77. The first-order chi connectivity index (χ1) is 6.84. The van der Waals surface area contributed by atoms with Crippen molar-refractivity contribution in [2.75, 3.05) is 0 Å². The minimum absolute atomic E-state index is 0.0220. The average Bonchev–Trinajstić information content (AvgIpc) is 2.13. The molecule has 0 aliphatic rings. The number of ether oxygens (including phenoxy) is 1. The van der Waals surface area contributed by atoms with E-state index in [2.05, 4.69) is 4.74 Å². The summed E-state index contributed by atoms with van der Waals surface area (Å²) < 4.78 is 4.51. The molecule has 0 unspecified atom stereocenters. The number of esters is 2. The molecule has 0 aromatic heterocycles. The van der Waals surface area contributed by atoms with Gasteiger partial charge >= 0.3 is 11.9 Å². The van der Waals surface area contributed by atoms with E-state index in [1.807, 2.05) is 0 Å². The maximum atomic E-state index is 11.2. The molecule has 88 valence electrons. The Kier molecular flexibility index (Phi) is 6.07. The molecule has 0 rings (SSSR count). The molecular formula is C9H19N3O3. The molecule has 0 aliphatic carbocycles. The fourth-order valence-corrected chi connectivity index (χ4v) is 0.788. The van der Waals surface area contributed by atoms with Gasteiger partial charge in [0.2, 0.25) is 0 Å². The van der Waals surface area contributed by atoms with E-state index in [-0.39, 0.29) is 18.8 Å². The Morgan fingerprint density at radius 2 is 1.73 bits per heavy atom. The van der Waals surface area contributed by atoms with Crippen LogP contribution in [0.3, 0.4) is 0 Å². The third-order valence-electron chi connectivity index (χ3n) is 1.89. The lowest BCUT2D eigenvalue weighted by atomic mass is 10.1. The highest BCUT2D eigenvalue weighted by Crippen LogP contribution is 2.02. The number of nitrogens with two attached hydrogens (primary N) is 3. The molecule has 0 amide bonds. The molecule has 15 heavy (non-hydrogen) atoms. The van der Waals surface area contributed by atoms with Gasteiger partial charge in [0.15, 0.2) is 0 Å². The lowest BCUT2D eigenvalue weighted by Gasteiger charge is -2.13. The topological polar surface area (TPSA) is 121 Å². The molecule has 6 nitrogen and oxygen atoms in total. The third-order valence-corrected chi connectivity index (χ3v) is 1.89. The van der Waals surface area contributed by atoms with Gasteiger partial charge in [-0.3, -0.25) is 4.79 Å². The molecule has 0 bridgehead atoms. The number of carbonyl (C=O) groups is 2. The molecule has 1 atom stereocenters. The number of hydrogen-bond acceptors (Lipinski definition) is 6. The van der Waals surface area contributed by atoms with E-state index in [1.54, 1.807) is 13.8 Å². The van der Waals surface area contributed by atoms with Crippen LogP contribution in [0, 0.1) is 5.92 Å². The molecule has 0 aromatic rings. The van der Waals surface area contributed by atoms with Crippen molar-refractivity contribution >= 4 is 11.9 Å². The lowest BCUT2D eigenvalue weighted by Crippen LogP contribution is -2.38. The number of carbonyl (C=O) groups excluding carboxylic acids is 2. The van der Waals surface area contributed by atoms with Crippen molar-refractivity contribution in [3.05, 3.63) is 0 Å². The Balaban J connectivity index is 3.91. The predicted molar refractivity (Wildman–Crippen MR) is 55.3 cm³/mol. The van der Waals surface area contributed by atoms with Gasteiger partial charge in [-0.1, -0.05) is 13.8 Å². The van der Waals surface area contributed by atoms with Crippen molar-refractivity contribution in [3.8, 4) is 0 Å². The Hall–Kier alpha value is -0.980. The van der Waals surface area contributed by atoms with Crippen LogP contribution in [0.5, 0.6) is 0 Å². The first-order valence-corrected chi connectivity index (χ1v) is 4.86. The predicted octanol–water partition coefficient (Wildman–Crippen LogP) is -0.937. The van der Waals surface area contributed by atoms with Gasteiger partial charge in [-0.2, -0.15) is 0 Å². The first kappa shape index (κ1) is 14.0. The molecule has 6 heteroatoms. The molecule has 6 N–H and O–H groups in total. The highest BCUT2D eigenvalue weighted by molar-refractivity contribution is 5.88. The van der Waals surface area contributed by atoms with Crippen LogP contribution in [0.15, 0.2) is 0 Å². The number of rotatable bonds is 5. The van der Waals surface area contributed by atoms with Crippen molar-refractivity contribution in [3.63, 3.8) is 0 Å². The standard InChI is InChI=1S/C9H19N3O3/c1-5(2)8(12)9(14)15-7(13)4-3-6(10)11/h5-6,8H,3-4,10-12H2,1-2H3/t8-/m1/s1. The Labute approximate surface area is 89.1 Å². The Bertz CT molecular complexity index is 229. The molecule has 0 fully saturated rings. The molecule has 0 aliphatic heterocycles. The highest BCUT2D eigenvalue weighted by Gasteiger charge is 2.21. The van der Waals surface area contributed by atoms with Crippen LogP contribution in [0.4, 0.5) is 0 Å². The van der Waals surface area contributed by atoms with Gasteiger partial charge in [0, 0.05) is 6.42 Å². The van der Waals surface area contributed by atoms with Gasteiger partial charge in [0.25, 0.3) is 0 Å². The van der Waals surface area contributed by atoms with Gasteiger partial charge in [-0.25, -0.2) is 4.79 Å². The van der Waals surface area contributed by atoms with Crippen molar-refractivity contribution < 1.29 is 14.3 Å². The summed E-state index contributed by atoms with van der Waals surface area (Å²) in [6.07, 6.45) is -0.275. The second-order valence-electron chi connectivity index (χ2n) is 3.77. The molecule has 0 aromatic carbocycles. The summed E-state index contributed by atoms with van der Waals surface area (Å²) in [5.41, 5.74) is 16.0. The summed E-state index contributed by atoms with van der Waals surface area (Å²) in [6.45, 7) is 3.54. The number of hydrogen-bond donors (Lipinski definition) is 3. The zero-order chi connectivity index (χ0) is 12.0. The second kappa shape index (κ2) is 6.49. The van der Waals surface area contributed by atoms with Crippen LogP contribution in [0.25, 0.3) is 0 Å². The van der Waals surface area contributed by atoms with Gasteiger partial charge in [-0.05, 0) is 12.3 Å². The van der Waals surface area contributed by atoms with E-state index in [4.69, 9.17) is 17.2 Å². The van der Waals surface area contributed by atoms with Gasteiger partial charge in [0.1, 0.15) is 6.04 Å². The van der Waals surface area contributed by atoms with Crippen LogP contribution in [-0.4, -0.2) is 24.1 Å². The molecular weight excluding hydrogens is 198 g/mol. The third kappa shape index (κ3) is 6.16. The zero-order valence-electron chi connectivity index (χ0n) is 9.10. The van der Waals surface area contributed by atoms with E-state index >= 15 is 0 Å². The van der Waals surface area contributed by atoms with E-state index < -0.39 is 24.1 Å². The van der Waals surface area contributed by atoms with Crippen LogP contribution in [-0.2, 0) is 14.3 Å².